The van der Waals surface area contributed by atoms with E-state index in [0.29, 0.717) is 6.42 Å². The van der Waals surface area contributed by atoms with Crippen LogP contribution in [0.25, 0.3) is 0 Å². The van der Waals surface area contributed by atoms with E-state index in [1.807, 2.05) is 18.2 Å². The van der Waals surface area contributed by atoms with Gasteiger partial charge < -0.3 is 14.6 Å². The molecule has 1 aromatic rings. The third-order valence-electron chi connectivity index (χ3n) is 5.96. The maximum absolute atomic E-state index is 13.9. The molecule has 0 aliphatic heterocycles. The molecule has 34 heavy (non-hydrogen) atoms. The van der Waals surface area contributed by atoms with Gasteiger partial charge in [0, 0.05) is 0 Å². The third-order valence-corrected chi connectivity index (χ3v) is 5.96. The Balaban J connectivity index is 3.72. The molecule has 0 bridgehead atoms. The Hall–Kier alpha value is -2.37. The molecule has 1 atom stereocenters. The van der Waals surface area contributed by atoms with E-state index in [-0.39, 0.29) is 12.8 Å². The maximum Gasteiger partial charge on any atom is 0.325 e. The molecule has 6 heteroatoms. The fourth-order valence-electron chi connectivity index (χ4n) is 4.15. The van der Waals surface area contributed by atoms with E-state index in [1.165, 1.54) is 6.92 Å². The monoisotopic (exact) mass is 476 g/mol. The second-order valence-electron chi connectivity index (χ2n) is 11.4. The van der Waals surface area contributed by atoms with Gasteiger partial charge in [-0.15, -0.1) is 0 Å². The third kappa shape index (κ3) is 7.85. The summed E-state index contributed by atoms with van der Waals surface area (Å²) in [6, 6.07) is 9.06. The minimum atomic E-state index is -2.01. The van der Waals surface area contributed by atoms with Crippen LogP contribution >= 0.6 is 0 Å². The number of esters is 2. The van der Waals surface area contributed by atoms with Gasteiger partial charge in [-0.05, 0) is 66.9 Å². The minimum Gasteiger partial charge on any atom is -0.481 e. The van der Waals surface area contributed by atoms with Crippen LogP contribution in [0.4, 0.5) is 0 Å². The molecule has 1 rings (SSSR count). The predicted molar refractivity (Wildman–Crippen MR) is 133 cm³/mol. The van der Waals surface area contributed by atoms with Crippen molar-refractivity contribution in [2.24, 2.45) is 10.8 Å². The average Bonchev–Trinajstić information content (AvgIpc) is 2.68. The molecule has 0 fully saturated rings. The molecule has 0 aliphatic rings. The quantitative estimate of drug-likeness (QED) is 0.215. The zero-order valence-corrected chi connectivity index (χ0v) is 22.3. The van der Waals surface area contributed by atoms with Crippen molar-refractivity contribution < 1.29 is 29.0 Å². The number of unbranched alkanes of at least 4 members (excludes halogenated alkanes) is 4. The van der Waals surface area contributed by atoms with Gasteiger partial charge in [-0.25, -0.2) is 0 Å². The van der Waals surface area contributed by atoms with Gasteiger partial charge in [0.05, 0.1) is 5.41 Å². The van der Waals surface area contributed by atoms with E-state index >= 15 is 0 Å². The first-order valence-electron chi connectivity index (χ1n) is 12.3. The van der Waals surface area contributed by atoms with E-state index in [4.69, 9.17) is 9.47 Å². The molecule has 0 amide bonds. The largest absolute Gasteiger partial charge is 0.481 e. The molecule has 0 saturated carbocycles. The second-order valence-corrected chi connectivity index (χ2v) is 11.4. The lowest BCUT2D eigenvalue weighted by Crippen LogP contribution is -2.59. The average molecular weight is 477 g/mol. The Bertz CT molecular complexity index is 788. The lowest BCUT2D eigenvalue weighted by Gasteiger charge is -2.44. The first-order chi connectivity index (χ1) is 15.6. The highest BCUT2D eigenvalue weighted by atomic mass is 16.6. The van der Waals surface area contributed by atoms with Crippen LogP contribution in [0, 0.1) is 10.8 Å². The number of rotatable bonds is 12. The van der Waals surface area contributed by atoms with Gasteiger partial charge in [-0.2, -0.15) is 0 Å². The molecule has 1 N–H and O–H groups in total. The fraction of sp³-hybridized carbons (Fsp3) is 0.679. The molecule has 0 unspecified atom stereocenters. The van der Waals surface area contributed by atoms with Crippen LogP contribution in [-0.4, -0.2) is 34.2 Å². The molecule has 0 spiro atoms. The summed E-state index contributed by atoms with van der Waals surface area (Å²) in [5, 5.41) is 10.5. The molecular weight excluding hydrogens is 432 g/mol. The van der Waals surface area contributed by atoms with Gasteiger partial charge in [-0.1, -0.05) is 69.4 Å². The van der Waals surface area contributed by atoms with Crippen LogP contribution < -0.4 is 0 Å². The standard InChI is InChI=1S/C28H44O6/c1-9-10-11-12-16-19-28(23(31)33-25(2,3)4,24(32)34-26(5,6)7)27(8,22(29)30)20-21-17-14-13-15-18-21/h13-15,17-18H,9-12,16,19-20H2,1-8H3,(H,29,30)/t27-/m1/s1. The van der Waals surface area contributed by atoms with E-state index in [2.05, 4.69) is 6.92 Å². The summed E-state index contributed by atoms with van der Waals surface area (Å²) in [6.45, 7) is 13.8. The number of carbonyl (C=O) groups excluding carboxylic acids is 2. The summed E-state index contributed by atoms with van der Waals surface area (Å²) >= 11 is 0. The van der Waals surface area contributed by atoms with Crippen molar-refractivity contribution in [3.05, 3.63) is 35.9 Å². The smallest absolute Gasteiger partial charge is 0.325 e. The second kappa shape index (κ2) is 11.9. The molecule has 1 aromatic carbocycles. The first-order valence-corrected chi connectivity index (χ1v) is 12.3. The first kappa shape index (κ1) is 29.7. The van der Waals surface area contributed by atoms with Gasteiger partial charge in [0.1, 0.15) is 11.2 Å². The van der Waals surface area contributed by atoms with Gasteiger partial charge in [0.25, 0.3) is 0 Å². The van der Waals surface area contributed by atoms with Crippen molar-refractivity contribution in [3.63, 3.8) is 0 Å². The molecule has 0 saturated heterocycles. The Morgan fingerprint density at radius 1 is 0.765 bits per heavy atom. The topological polar surface area (TPSA) is 89.9 Å². The summed E-state index contributed by atoms with van der Waals surface area (Å²) in [7, 11) is 0. The zero-order chi connectivity index (χ0) is 26.2. The number of ether oxygens (including phenoxy) is 2. The fourth-order valence-corrected chi connectivity index (χ4v) is 4.15. The number of hydrogen-bond acceptors (Lipinski definition) is 5. The Morgan fingerprint density at radius 2 is 1.24 bits per heavy atom. The molecule has 0 aliphatic carbocycles. The van der Waals surface area contributed by atoms with E-state index in [1.54, 1.807) is 53.7 Å². The minimum absolute atomic E-state index is 0.0172. The number of carboxylic acids is 1. The molecule has 6 nitrogen and oxygen atoms in total. The number of carboxylic acid groups (broad SMARTS) is 1. The van der Waals surface area contributed by atoms with Crippen molar-refractivity contribution in [1.82, 2.24) is 0 Å². The van der Waals surface area contributed by atoms with Crippen LogP contribution in [0.2, 0.25) is 0 Å². The Labute approximate surface area is 205 Å². The summed E-state index contributed by atoms with van der Waals surface area (Å²) in [6.07, 6.45) is 4.33. The van der Waals surface area contributed by atoms with Crippen LogP contribution in [0.1, 0.15) is 99.5 Å². The number of hydrogen-bond donors (Lipinski definition) is 1. The van der Waals surface area contributed by atoms with E-state index < -0.39 is 39.9 Å². The molecular formula is C28H44O6. The van der Waals surface area contributed by atoms with Crippen LogP contribution in [-0.2, 0) is 30.3 Å². The molecule has 0 radical (unpaired) electrons. The normalized spacial score (nSPS) is 14.2. The maximum atomic E-state index is 13.9. The van der Waals surface area contributed by atoms with E-state index in [9.17, 15) is 19.5 Å². The van der Waals surface area contributed by atoms with Crippen molar-refractivity contribution in [3.8, 4) is 0 Å². The van der Waals surface area contributed by atoms with Crippen molar-refractivity contribution in [1.29, 1.82) is 0 Å². The summed E-state index contributed by atoms with van der Waals surface area (Å²) in [5.74, 6) is -2.92. The van der Waals surface area contributed by atoms with Crippen LogP contribution in [0.3, 0.4) is 0 Å². The zero-order valence-electron chi connectivity index (χ0n) is 22.3. The molecule has 192 valence electrons. The lowest BCUT2D eigenvalue weighted by molar-refractivity contribution is -0.203. The molecule has 0 aromatic heterocycles. The summed E-state index contributed by atoms with van der Waals surface area (Å²) in [4.78, 5) is 40.7. The number of benzene rings is 1. The van der Waals surface area contributed by atoms with Gasteiger partial charge in [0.2, 0.25) is 0 Å². The summed E-state index contributed by atoms with van der Waals surface area (Å²) < 4.78 is 11.5. The van der Waals surface area contributed by atoms with Crippen molar-refractivity contribution >= 4 is 17.9 Å². The lowest BCUT2D eigenvalue weighted by atomic mass is 9.59. The van der Waals surface area contributed by atoms with Crippen molar-refractivity contribution in [2.75, 3.05) is 0 Å². The van der Waals surface area contributed by atoms with Gasteiger partial charge >= 0.3 is 17.9 Å². The van der Waals surface area contributed by atoms with Gasteiger partial charge in [0.15, 0.2) is 5.41 Å². The highest BCUT2D eigenvalue weighted by Gasteiger charge is 2.65. The Kier molecular flexibility index (Phi) is 10.3. The highest BCUT2D eigenvalue weighted by Crippen LogP contribution is 2.49. The number of carbonyl (C=O) groups is 3. The molecule has 0 heterocycles. The SMILES string of the molecule is CCCCCCCC(C(=O)OC(C)(C)C)(C(=O)OC(C)(C)C)[C@](C)(Cc1ccccc1)C(=O)O. The van der Waals surface area contributed by atoms with Crippen LogP contribution in [0.5, 0.6) is 0 Å². The predicted octanol–water partition coefficient (Wildman–Crippen LogP) is 6.35. The number of aliphatic carboxylic acids is 1. The van der Waals surface area contributed by atoms with Crippen LogP contribution in [0.15, 0.2) is 30.3 Å². The summed E-state index contributed by atoms with van der Waals surface area (Å²) in [5.41, 5.74) is -4.89. The van der Waals surface area contributed by atoms with Crippen molar-refractivity contribution in [2.45, 2.75) is 112 Å². The van der Waals surface area contributed by atoms with E-state index in [0.717, 1.165) is 31.2 Å². The van der Waals surface area contributed by atoms with Gasteiger partial charge in [-0.3, -0.25) is 14.4 Å². The highest BCUT2D eigenvalue weighted by molar-refractivity contribution is 6.05. The Morgan fingerprint density at radius 3 is 1.65 bits per heavy atom.